The van der Waals surface area contributed by atoms with E-state index in [4.69, 9.17) is 0 Å². The molecule has 0 amide bonds. The van der Waals surface area contributed by atoms with Crippen molar-refractivity contribution >= 4 is 10.0 Å². The molecule has 1 rings (SSSR count). The molecule has 0 bridgehead atoms. The molecule has 98 valence electrons. The summed E-state index contributed by atoms with van der Waals surface area (Å²) in [6.45, 7) is 9.27. The second kappa shape index (κ2) is 5.18. The third-order valence-corrected chi connectivity index (χ3v) is 4.43. The number of rotatable bonds is 5. The van der Waals surface area contributed by atoms with Gasteiger partial charge in [0.25, 0.3) is 0 Å². The van der Waals surface area contributed by atoms with Crippen molar-refractivity contribution < 1.29 is 8.42 Å². The Morgan fingerprint density at radius 1 is 1.24 bits per heavy atom. The first-order chi connectivity index (χ1) is 7.75. The zero-order valence-electron chi connectivity index (χ0n) is 11.0. The van der Waals surface area contributed by atoms with Gasteiger partial charge >= 0.3 is 0 Å². The van der Waals surface area contributed by atoms with Gasteiger partial charge in [-0.3, -0.25) is 0 Å². The molecule has 1 unspecified atom stereocenters. The van der Waals surface area contributed by atoms with Crippen molar-refractivity contribution in [3.63, 3.8) is 0 Å². The Hall–Kier alpha value is -0.880. The van der Waals surface area contributed by atoms with E-state index in [-0.39, 0.29) is 12.1 Å². The Bertz CT molecular complexity index is 463. The van der Waals surface area contributed by atoms with Crippen LogP contribution in [-0.4, -0.2) is 24.0 Å². The zero-order chi connectivity index (χ0) is 13.2. The summed E-state index contributed by atoms with van der Waals surface area (Å²) in [4.78, 5) is 4.15. The molecule has 1 N–H and O–H groups in total. The van der Waals surface area contributed by atoms with Gasteiger partial charge in [0.15, 0.2) is 0 Å². The van der Waals surface area contributed by atoms with E-state index in [1.807, 2.05) is 18.4 Å². The van der Waals surface area contributed by atoms with Crippen molar-refractivity contribution in [1.29, 1.82) is 0 Å². The highest BCUT2D eigenvalue weighted by molar-refractivity contribution is 7.89. The van der Waals surface area contributed by atoms with Crippen molar-refractivity contribution in [2.75, 3.05) is 0 Å². The van der Waals surface area contributed by atoms with E-state index in [1.54, 1.807) is 33.2 Å². The fourth-order valence-corrected chi connectivity index (χ4v) is 2.97. The van der Waals surface area contributed by atoms with Gasteiger partial charge in [-0.25, -0.2) is 18.1 Å². The van der Waals surface area contributed by atoms with Crippen molar-refractivity contribution in [1.82, 2.24) is 14.3 Å². The average Bonchev–Trinajstić information content (AvgIpc) is 2.62. The van der Waals surface area contributed by atoms with Gasteiger partial charge in [0.1, 0.15) is 11.1 Å². The van der Waals surface area contributed by atoms with Crippen LogP contribution in [0.15, 0.2) is 12.4 Å². The molecule has 0 saturated heterocycles. The van der Waals surface area contributed by atoms with Gasteiger partial charge in [-0.2, -0.15) is 0 Å². The molecule has 5 nitrogen and oxygen atoms in total. The fourth-order valence-electron chi connectivity index (χ4n) is 1.65. The van der Waals surface area contributed by atoms with Crippen molar-refractivity contribution in [3.05, 3.63) is 18.2 Å². The predicted molar refractivity (Wildman–Crippen MR) is 68.2 cm³/mol. The highest BCUT2D eigenvalue weighted by Gasteiger charge is 2.27. The number of sulfonamides is 1. The lowest BCUT2D eigenvalue weighted by Gasteiger charge is -2.18. The van der Waals surface area contributed by atoms with Crippen molar-refractivity contribution in [2.45, 2.75) is 52.0 Å². The minimum absolute atomic E-state index is 0.107. The van der Waals surface area contributed by atoms with Crippen LogP contribution in [0.25, 0.3) is 0 Å². The summed E-state index contributed by atoms with van der Waals surface area (Å²) >= 11 is 0. The van der Waals surface area contributed by atoms with Crippen LogP contribution in [0.3, 0.4) is 0 Å². The van der Waals surface area contributed by atoms with Crippen LogP contribution in [-0.2, 0) is 10.0 Å². The molecule has 0 fully saturated rings. The number of hydrogen-bond donors (Lipinski definition) is 1. The standard InChI is InChI=1S/C11H21N3O2S/c1-8(2)13-17(15,16)10(5)11-12-6-7-14(11)9(3)4/h6-10,13H,1-5H3. The van der Waals surface area contributed by atoms with E-state index in [0.29, 0.717) is 5.82 Å². The largest absolute Gasteiger partial charge is 0.331 e. The topological polar surface area (TPSA) is 64.0 Å². The highest BCUT2D eigenvalue weighted by atomic mass is 32.2. The van der Waals surface area contributed by atoms with E-state index in [1.165, 1.54) is 0 Å². The minimum atomic E-state index is -3.37. The Balaban J connectivity index is 3.04. The Morgan fingerprint density at radius 3 is 2.29 bits per heavy atom. The molecule has 17 heavy (non-hydrogen) atoms. The molecule has 0 saturated carbocycles. The van der Waals surface area contributed by atoms with E-state index in [9.17, 15) is 8.42 Å². The second-order valence-electron chi connectivity index (χ2n) is 4.75. The van der Waals surface area contributed by atoms with Gasteiger partial charge in [0.05, 0.1) is 0 Å². The quantitative estimate of drug-likeness (QED) is 0.877. The molecule has 1 atom stereocenters. The molecular weight excluding hydrogens is 238 g/mol. The van der Waals surface area contributed by atoms with Crippen LogP contribution in [0, 0.1) is 0 Å². The second-order valence-corrected chi connectivity index (χ2v) is 6.78. The van der Waals surface area contributed by atoms with Crippen LogP contribution in [0.4, 0.5) is 0 Å². The van der Waals surface area contributed by atoms with E-state index in [2.05, 4.69) is 9.71 Å². The normalized spacial score (nSPS) is 14.5. The first-order valence-corrected chi connectivity index (χ1v) is 7.34. The van der Waals surface area contributed by atoms with E-state index >= 15 is 0 Å². The average molecular weight is 259 g/mol. The fraction of sp³-hybridized carbons (Fsp3) is 0.727. The summed E-state index contributed by atoms with van der Waals surface area (Å²) in [5.41, 5.74) is 0. The van der Waals surface area contributed by atoms with Crippen LogP contribution < -0.4 is 4.72 Å². The maximum atomic E-state index is 12.0. The lowest BCUT2D eigenvalue weighted by Crippen LogP contribution is -2.34. The van der Waals surface area contributed by atoms with Crippen LogP contribution in [0.5, 0.6) is 0 Å². The summed E-state index contributed by atoms with van der Waals surface area (Å²) in [6.07, 6.45) is 3.44. The zero-order valence-corrected chi connectivity index (χ0v) is 11.8. The lowest BCUT2D eigenvalue weighted by molar-refractivity contribution is 0.535. The van der Waals surface area contributed by atoms with Crippen LogP contribution >= 0.6 is 0 Å². The van der Waals surface area contributed by atoms with Gasteiger partial charge in [-0.05, 0) is 34.6 Å². The molecule has 0 aliphatic heterocycles. The summed E-state index contributed by atoms with van der Waals surface area (Å²) in [6, 6.07) is 0.0918. The number of imidazole rings is 1. The number of aromatic nitrogens is 2. The van der Waals surface area contributed by atoms with Crippen molar-refractivity contribution in [3.8, 4) is 0 Å². The highest BCUT2D eigenvalue weighted by Crippen LogP contribution is 2.22. The van der Waals surface area contributed by atoms with Gasteiger partial charge in [0, 0.05) is 24.5 Å². The summed E-state index contributed by atoms with van der Waals surface area (Å²) in [5, 5.41) is -0.651. The van der Waals surface area contributed by atoms with Crippen LogP contribution in [0.1, 0.15) is 51.7 Å². The molecule has 1 heterocycles. The summed E-state index contributed by atoms with van der Waals surface area (Å²) < 4.78 is 28.6. The number of nitrogens with one attached hydrogen (secondary N) is 1. The third kappa shape index (κ3) is 3.29. The lowest BCUT2D eigenvalue weighted by atomic mass is 10.3. The predicted octanol–water partition coefficient (Wildman–Crippen LogP) is 1.85. The molecular formula is C11H21N3O2S. The van der Waals surface area contributed by atoms with Gasteiger partial charge in [-0.1, -0.05) is 0 Å². The maximum absolute atomic E-state index is 12.0. The van der Waals surface area contributed by atoms with E-state index in [0.717, 1.165) is 0 Å². The molecule has 0 aliphatic rings. The van der Waals surface area contributed by atoms with Gasteiger partial charge in [-0.15, -0.1) is 0 Å². The first-order valence-electron chi connectivity index (χ1n) is 5.79. The molecule has 1 aromatic heterocycles. The number of nitrogens with zero attached hydrogens (tertiary/aromatic N) is 2. The Morgan fingerprint density at radius 2 is 1.82 bits per heavy atom. The molecule has 0 radical (unpaired) electrons. The Kier molecular flexibility index (Phi) is 4.32. The van der Waals surface area contributed by atoms with E-state index < -0.39 is 15.3 Å². The number of hydrogen-bond acceptors (Lipinski definition) is 3. The SMILES string of the molecule is CC(C)NS(=O)(=O)C(C)c1nccn1C(C)C. The van der Waals surface area contributed by atoms with Crippen molar-refractivity contribution in [2.24, 2.45) is 0 Å². The van der Waals surface area contributed by atoms with Gasteiger partial charge in [0.2, 0.25) is 10.0 Å². The molecule has 1 aromatic rings. The Labute approximate surface area is 103 Å². The molecule has 6 heteroatoms. The van der Waals surface area contributed by atoms with Gasteiger partial charge < -0.3 is 4.57 Å². The first kappa shape index (κ1) is 14.2. The third-order valence-electron chi connectivity index (χ3n) is 2.48. The smallest absolute Gasteiger partial charge is 0.221 e. The minimum Gasteiger partial charge on any atom is -0.331 e. The molecule has 0 spiro atoms. The van der Waals surface area contributed by atoms with Crippen LogP contribution in [0.2, 0.25) is 0 Å². The molecule has 0 aliphatic carbocycles. The summed E-state index contributed by atoms with van der Waals surface area (Å²) in [5.74, 6) is 0.577. The monoisotopic (exact) mass is 259 g/mol. The summed E-state index contributed by atoms with van der Waals surface area (Å²) in [7, 11) is -3.37. The molecule has 0 aromatic carbocycles. The maximum Gasteiger partial charge on any atom is 0.221 e.